The Kier molecular flexibility index (Phi) is 4.14. The third-order valence-electron chi connectivity index (χ3n) is 0.570. The van der Waals surface area contributed by atoms with Gasteiger partial charge in [-0.25, -0.2) is 0 Å². The van der Waals surface area contributed by atoms with Crippen molar-refractivity contribution in [3.8, 4) is 0 Å². The molecule has 0 heterocycles. The van der Waals surface area contributed by atoms with E-state index in [0.717, 1.165) is 0 Å². The standard InChI is InChI=1S/C2H7O6PSi/c3-9(4)2-1-8-10(5,6)7/h5-7H,1-2H2. The van der Waals surface area contributed by atoms with Gasteiger partial charge in [-0.05, 0) is 0 Å². The average molecular weight is 186 g/mol. The summed E-state index contributed by atoms with van der Waals surface area (Å²) in [4.78, 5) is 34.3. The van der Waals surface area contributed by atoms with Gasteiger partial charge in [-0.15, -0.1) is 0 Å². The molecule has 0 aromatic carbocycles. The van der Waals surface area contributed by atoms with E-state index in [0.29, 0.717) is 0 Å². The zero-order valence-corrected chi connectivity index (χ0v) is 6.82. The zero-order chi connectivity index (χ0) is 8.20. The Labute approximate surface area is 59.1 Å². The van der Waals surface area contributed by atoms with Gasteiger partial charge in [0.2, 0.25) is 0 Å². The third kappa shape index (κ3) is 8.12. The van der Waals surface area contributed by atoms with Gasteiger partial charge in [0.25, 0.3) is 0 Å². The van der Waals surface area contributed by atoms with Crippen LogP contribution in [-0.4, -0.2) is 36.2 Å². The summed E-state index contributed by atoms with van der Waals surface area (Å²) in [6, 6.07) is 0. The van der Waals surface area contributed by atoms with E-state index in [1.165, 1.54) is 0 Å². The van der Waals surface area contributed by atoms with Crippen LogP contribution in [0.2, 0.25) is 0 Å². The molecule has 0 fully saturated rings. The van der Waals surface area contributed by atoms with Gasteiger partial charge >= 0.3 is 17.1 Å². The van der Waals surface area contributed by atoms with Crippen molar-refractivity contribution in [3.63, 3.8) is 0 Å². The molecule has 0 amide bonds. The lowest BCUT2D eigenvalue weighted by molar-refractivity contribution is -0.164. The van der Waals surface area contributed by atoms with Gasteiger partial charge in [0.15, 0.2) is 6.16 Å². The van der Waals surface area contributed by atoms with Gasteiger partial charge < -0.3 is 23.7 Å². The fraction of sp³-hybridized carbons (Fsp3) is 1.00. The largest absolute Gasteiger partial charge is 0.671 e. The molecule has 0 radical (unpaired) electrons. The van der Waals surface area contributed by atoms with Crippen molar-refractivity contribution in [2.75, 3.05) is 12.8 Å². The minimum atomic E-state index is -4.49. The maximum absolute atomic E-state index is 9.81. The monoisotopic (exact) mass is 186 g/mol. The Hall–Kier alpha value is 0.117. The Balaban J connectivity index is 3.29. The van der Waals surface area contributed by atoms with E-state index in [-0.39, 0.29) is 6.16 Å². The summed E-state index contributed by atoms with van der Waals surface area (Å²) in [6.45, 7) is -0.394. The predicted octanol–water partition coefficient (Wildman–Crippen LogP) is -2.48. The second-order valence-corrected chi connectivity index (χ2v) is 4.03. The van der Waals surface area contributed by atoms with E-state index in [1.54, 1.807) is 0 Å². The summed E-state index contributed by atoms with van der Waals surface area (Å²) in [5, 5.41) is 0. The molecule has 60 valence electrons. The van der Waals surface area contributed by atoms with Crippen LogP contribution >= 0.6 is 8.03 Å². The van der Waals surface area contributed by atoms with Crippen molar-refractivity contribution in [1.82, 2.24) is 0 Å². The van der Waals surface area contributed by atoms with E-state index in [2.05, 4.69) is 4.43 Å². The van der Waals surface area contributed by atoms with Crippen LogP contribution in [0.25, 0.3) is 0 Å². The van der Waals surface area contributed by atoms with Crippen molar-refractivity contribution in [2.45, 2.75) is 0 Å². The maximum atomic E-state index is 9.81. The molecule has 3 N–H and O–H groups in total. The van der Waals surface area contributed by atoms with Gasteiger partial charge in [-0.3, -0.25) is 0 Å². The molecule has 0 aliphatic rings. The Morgan fingerprint density at radius 1 is 1.50 bits per heavy atom. The van der Waals surface area contributed by atoms with E-state index in [1.807, 2.05) is 0 Å². The van der Waals surface area contributed by atoms with E-state index in [9.17, 15) is 9.46 Å². The normalized spacial score (nSPS) is 13.4. The van der Waals surface area contributed by atoms with Gasteiger partial charge in [0.1, 0.15) is 0 Å². The summed E-state index contributed by atoms with van der Waals surface area (Å²) in [6.07, 6.45) is -0.328. The fourth-order valence-electron chi connectivity index (χ4n) is 0.257. The van der Waals surface area contributed by atoms with Crippen molar-refractivity contribution in [2.24, 2.45) is 0 Å². The molecular weight excluding hydrogens is 179 g/mol. The van der Waals surface area contributed by atoms with Crippen molar-refractivity contribution in [1.29, 1.82) is 0 Å². The van der Waals surface area contributed by atoms with Gasteiger partial charge in [-0.2, -0.15) is 0 Å². The van der Waals surface area contributed by atoms with Crippen molar-refractivity contribution in [3.05, 3.63) is 0 Å². The second kappa shape index (κ2) is 4.09. The Morgan fingerprint density at radius 2 is 2.00 bits per heavy atom. The van der Waals surface area contributed by atoms with Gasteiger partial charge in [0.05, 0.1) is 6.61 Å². The fourth-order valence-corrected chi connectivity index (χ4v) is 1.05. The molecule has 0 bridgehead atoms. The summed E-state index contributed by atoms with van der Waals surface area (Å²) < 4.78 is 13.8. The highest BCUT2D eigenvalue weighted by Crippen LogP contribution is 2.05. The van der Waals surface area contributed by atoms with E-state index < -0.39 is 23.7 Å². The van der Waals surface area contributed by atoms with Crippen LogP contribution in [-0.2, 0) is 8.99 Å². The minimum absolute atomic E-state index is 0.328. The van der Waals surface area contributed by atoms with Crippen molar-refractivity contribution < 1.29 is 28.3 Å². The van der Waals surface area contributed by atoms with Crippen LogP contribution < -0.4 is 4.89 Å². The maximum Gasteiger partial charge on any atom is 0.671 e. The molecule has 10 heavy (non-hydrogen) atoms. The highest BCUT2D eigenvalue weighted by atomic mass is 31.1. The molecule has 0 spiro atoms. The molecule has 0 rings (SSSR count). The first-order valence-electron chi connectivity index (χ1n) is 2.34. The zero-order valence-electron chi connectivity index (χ0n) is 4.93. The number of hydrogen-bond donors (Lipinski definition) is 3. The topological polar surface area (TPSA) is 110 Å². The lowest BCUT2D eigenvalue weighted by Gasteiger charge is -2.06. The molecule has 0 saturated heterocycles. The molecule has 1 atom stereocenters. The lowest BCUT2D eigenvalue weighted by Crippen LogP contribution is -2.39. The molecule has 1 unspecified atom stereocenters. The van der Waals surface area contributed by atoms with E-state index in [4.69, 9.17) is 14.4 Å². The molecule has 0 aromatic rings. The minimum Gasteiger partial charge on any atom is -0.595 e. The molecular formula is C2H7O6PSi. The average Bonchev–Trinajstić information content (AvgIpc) is 1.59. The molecule has 8 heteroatoms. The molecule has 0 aliphatic heterocycles. The summed E-state index contributed by atoms with van der Waals surface area (Å²) >= 11 is 0. The summed E-state index contributed by atoms with van der Waals surface area (Å²) in [7, 11) is -7.08. The van der Waals surface area contributed by atoms with Crippen LogP contribution in [0.4, 0.5) is 0 Å². The van der Waals surface area contributed by atoms with Crippen LogP contribution in [0.5, 0.6) is 0 Å². The van der Waals surface area contributed by atoms with Crippen LogP contribution in [0.15, 0.2) is 0 Å². The third-order valence-corrected chi connectivity index (χ3v) is 1.71. The quantitative estimate of drug-likeness (QED) is 0.331. The highest BCUT2D eigenvalue weighted by Gasteiger charge is 2.30. The van der Waals surface area contributed by atoms with Gasteiger partial charge in [-0.1, -0.05) is 4.57 Å². The lowest BCUT2D eigenvalue weighted by atomic mass is 10.9. The molecule has 0 aromatic heterocycles. The van der Waals surface area contributed by atoms with Gasteiger partial charge in [0, 0.05) is 0 Å². The summed E-state index contributed by atoms with van der Waals surface area (Å²) in [5.74, 6) is 0. The number of rotatable bonds is 4. The van der Waals surface area contributed by atoms with Crippen LogP contribution in [0.3, 0.4) is 0 Å². The highest BCUT2D eigenvalue weighted by molar-refractivity contribution is 7.36. The Bertz CT molecular complexity index is 119. The first kappa shape index (κ1) is 10.1. The first-order chi connectivity index (χ1) is 4.42. The van der Waals surface area contributed by atoms with E-state index >= 15 is 0 Å². The SMILES string of the molecule is O=[P+]([O-])CCO[Si](O)(O)O. The second-order valence-electron chi connectivity index (χ2n) is 1.48. The van der Waals surface area contributed by atoms with Crippen LogP contribution in [0.1, 0.15) is 0 Å². The molecule has 0 saturated carbocycles. The van der Waals surface area contributed by atoms with Crippen molar-refractivity contribution >= 4 is 17.1 Å². The first-order valence-corrected chi connectivity index (χ1v) is 5.46. The smallest absolute Gasteiger partial charge is 0.595 e. The molecule has 6 nitrogen and oxygen atoms in total. The number of hydrogen-bond acceptors (Lipinski definition) is 6. The Morgan fingerprint density at radius 3 is 2.30 bits per heavy atom. The molecule has 0 aliphatic carbocycles. The van der Waals surface area contributed by atoms with Crippen LogP contribution in [0, 0.1) is 0 Å². The predicted molar refractivity (Wildman–Crippen MR) is 30.8 cm³/mol. The summed E-state index contributed by atoms with van der Waals surface area (Å²) in [5.41, 5.74) is 0.